The number of carbonyl (C=O) groups excluding carboxylic acids is 2. The van der Waals surface area contributed by atoms with Crippen molar-refractivity contribution in [3.8, 4) is 0 Å². The van der Waals surface area contributed by atoms with Gasteiger partial charge in [0.1, 0.15) is 13.2 Å². The highest BCUT2D eigenvalue weighted by atomic mass is 16.5. The van der Waals surface area contributed by atoms with Crippen LogP contribution in [-0.2, 0) is 19.1 Å². The monoisotopic (exact) mass is 470 g/mol. The summed E-state index contributed by atoms with van der Waals surface area (Å²) in [6, 6.07) is 0. The third-order valence-electron chi connectivity index (χ3n) is 4.78. The zero-order valence-corrected chi connectivity index (χ0v) is 19.8. The Morgan fingerprint density at radius 1 is 0.606 bits per heavy atom. The van der Waals surface area contributed by atoms with E-state index in [2.05, 4.69) is 13.2 Å². The van der Waals surface area contributed by atoms with Crippen molar-refractivity contribution in [2.45, 2.75) is 58.8 Å². The number of esters is 2. The van der Waals surface area contributed by atoms with E-state index in [0.717, 1.165) is 44.9 Å². The van der Waals surface area contributed by atoms with Gasteiger partial charge in [0.2, 0.25) is 0 Å². The van der Waals surface area contributed by atoms with Crippen LogP contribution >= 0.6 is 0 Å². The summed E-state index contributed by atoms with van der Waals surface area (Å²) >= 11 is 0. The second-order valence-electron chi connectivity index (χ2n) is 7.85. The molecule has 0 radical (unpaired) electrons. The Morgan fingerprint density at radius 3 is 1.18 bits per heavy atom. The highest BCUT2D eigenvalue weighted by Gasteiger charge is 2.13. The summed E-state index contributed by atoms with van der Waals surface area (Å²) in [5.41, 5.74) is 0.549. The fraction of sp³-hybridized carbons (Fsp3) is 0.652. The van der Waals surface area contributed by atoms with Crippen molar-refractivity contribution in [1.82, 2.24) is 9.80 Å². The number of hydrogen-bond acceptors (Lipinski definition) is 6. The maximum absolute atomic E-state index is 11.3. The van der Waals surface area contributed by atoms with Gasteiger partial charge in [-0.25, -0.2) is 19.2 Å². The number of rotatable bonds is 18. The lowest BCUT2D eigenvalue weighted by atomic mass is 10.1. The molecule has 2 N–H and O–H groups in total. The van der Waals surface area contributed by atoms with Gasteiger partial charge in [0.05, 0.1) is 13.1 Å². The van der Waals surface area contributed by atoms with Crippen molar-refractivity contribution in [2.24, 2.45) is 0 Å². The molecule has 33 heavy (non-hydrogen) atoms. The second kappa shape index (κ2) is 17.5. The maximum Gasteiger partial charge on any atom is 0.407 e. The van der Waals surface area contributed by atoms with Gasteiger partial charge in [0.25, 0.3) is 0 Å². The number of carboxylic acid groups (broad SMARTS) is 2. The molecular formula is C23H38N2O8. The topological polar surface area (TPSA) is 134 Å². The number of hydrogen-bond donors (Lipinski definition) is 2. The van der Waals surface area contributed by atoms with Crippen molar-refractivity contribution >= 4 is 24.1 Å². The minimum Gasteiger partial charge on any atom is -0.465 e. The molecule has 0 spiro atoms. The van der Waals surface area contributed by atoms with Crippen LogP contribution in [-0.4, -0.2) is 83.5 Å². The molecule has 188 valence electrons. The van der Waals surface area contributed by atoms with E-state index in [1.165, 1.54) is 23.6 Å². The molecule has 0 aromatic carbocycles. The standard InChI is InChI=1S/C23H38N2O8/c1-18(2)20(26)32-16-14-24(22(28)29)12-10-8-6-5-7-9-11-13-25(23(30)31)15-17-33-21(27)19(3)4/h1,3,5-17H2,2,4H3,(H,28,29)(H,30,31). The van der Waals surface area contributed by atoms with Crippen molar-refractivity contribution in [3.63, 3.8) is 0 Å². The molecular weight excluding hydrogens is 432 g/mol. The van der Waals surface area contributed by atoms with Crippen LogP contribution in [0.1, 0.15) is 58.8 Å². The molecule has 0 aliphatic carbocycles. The quantitative estimate of drug-likeness (QED) is 0.175. The van der Waals surface area contributed by atoms with Crippen LogP contribution < -0.4 is 0 Å². The predicted molar refractivity (Wildman–Crippen MR) is 123 cm³/mol. The fourth-order valence-corrected chi connectivity index (χ4v) is 2.84. The summed E-state index contributed by atoms with van der Waals surface area (Å²) < 4.78 is 9.86. The zero-order chi connectivity index (χ0) is 25.2. The van der Waals surface area contributed by atoms with Gasteiger partial charge in [-0.3, -0.25) is 0 Å². The van der Waals surface area contributed by atoms with E-state index in [-0.39, 0.29) is 37.4 Å². The number of unbranched alkanes of at least 4 members (excludes halogenated alkanes) is 6. The van der Waals surface area contributed by atoms with Gasteiger partial charge in [-0.05, 0) is 26.7 Å². The summed E-state index contributed by atoms with van der Waals surface area (Å²) in [6.45, 7) is 11.0. The molecule has 0 heterocycles. The average Bonchev–Trinajstić information content (AvgIpc) is 2.74. The molecule has 0 rings (SSSR count). The Morgan fingerprint density at radius 2 is 0.909 bits per heavy atom. The minimum absolute atomic E-state index is 0.00167. The first-order valence-electron chi connectivity index (χ1n) is 11.2. The molecule has 0 saturated carbocycles. The SMILES string of the molecule is C=C(C)C(=O)OCCN(CCCCCCCCCN(CCOC(=O)C(=C)C)C(=O)O)C(=O)O. The molecule has 0 atom stereocenters. The third kappa shape index (κ3) is 15.4. The normalized spacial score (nSPS) is 10.2. The molecule has 2 amide bonds. The summed E-state index contributed by atoms with van der Waals surface area (Å²) in [6.07, 6.45) is 4.00. The van der Waals surface area contributed by atoms with Crippen LogP contribution in [0.5, 0.6) is 0 Å². The Hall–Kier alpha value is -3.04. The lowest BCUT2D eigenvalue weighted by molar-refractivity contribution is -0.140. The fourth-order valence-electron chi connectivity index (χ4n) is 2.84. The highest BCUT2D eigenvalue weighted by molar-refractivity contribution is 5.87. The molecule has 0 saturated heterocycles. The van der Waals surface area contributed by atoms with Crippen LogP contribution in [0.4, 0.5) is 9.59 Å². The van der Waals surface area contributed by atoms with Crippen molar-refractivity contribution < 1.29 is 38.9 Å². The van der Waals surface area contributed by atoms with Gasteiger partial charge < -0.3 is 29.5 Å². The van der Waals surface area contributed by atoms with Crippen LogP contribution in [0, 0.1) is 0 Å². The van der Waals surface area contributed by atoms with E-state index >= 15 is 0 Å². The molecule has 0 bridgehead atoms. The summed E-state index contributed by atoms with van der Waals surface area (Å²) in [7, 11) is 0. The van der Waals surface area contributed by atoms with Gasteiger partial charge in [0, 0.05) is 24.2 Å². The first kappa shape index (κ1) is 30.0. The lowest BCUT2D eigenvalue weighted by Crippen LogP contribution is -2.34. The van der Waals surface area contributed by atoms with E-state index in [4.69, 9.17) is 9.47 Å². The molecule has 10 nitrogen and oxygen atoms in total. The first-order valence-corrected chi connectivity index (χ1v) is 11.2. The van der Waals surface area contributed by atoms with Gasteiger partial charge in [-0.1, -0.05) is 45.3 Å². The molecule has 0 unspecified atom stereocenters. The lowest BCUT2D eigenvalue weighted by Gasteiger charge is -2.19. The summed E-state index contributed by atoms with van der Waals surface area (Å²) in [5.74, 6) is -1.06. The Balaban J connectivity index is 3.88. The van der Waals surface area contributed by atoms with Gasteiger partial charge >= 0.3 is 24.1 Å². The first-order chi connectivity index (χ1) is 15.6. The van der Waals surface area contributed by atoms with Crippen molar-refractivity contribution in [1.29, 1.82) is 0 Å². The number of ether oxygens (including phenoxy) is 2. The van der Waals surface area contributed by atoms with Crippen molar-refractivity contribution in [3.05, 3.63) is 24.3 Å². The smallest absolute Gasteiger partial charge is 0.407 e. The second-order valence-corrected chi connectivity index (χ2v) is 7.85. The Labute approximate surface area is 195 Å². The number of nitrogens with zero attached hydrogens (tertiary/aromatic N) is 2. The molecule has 10 heteroatoms. The molecule has 0 aromatic rings. The zero-order valence-electron chi connectivity index (χ0n) is 19.8. The largest absolute Gasteiger partial charge is 0.465 e. The van der Waals surface area contributed by atoms with E-state index in [0.29, 0.717) is 13.1 Å². The molecule has 0 aromatic heterocycles. The third-order valence-corrected chi connectivity index (χ3v) is 4.78. The van der Waals surface area contributed by atoms with Gasteiger partial charge in [-0.15, -0.1) is 0 Å². The molecule has 0 aliphatic rings. The molecule has 0 fully saturated rings. The number of amides is 2. The maximum atomic E-state index is 11.3. The predicted octanol–water partition coefficient (Wildman–Crippen LogP) is 3.92. The van der Waals surface area contributed by atoms with Gasteiger partial charge in [0.15, 0.2) is 0 Å². The highest BCUT2D eigenvalue weighted by Crippen LogP contribution is 2.09. The Bertz CT molecular complexity index is 621. The Kier molecular flexibility index (Phi) is 15.9. The van der Waals surface area contributed by atoms with E-state index < -0.39 is 24.1 Å². The van der Waals surface area contributed by atoms with Gasteiger partial charge in [-0.2, -0.15) is 0 Å². The molecule has 0 aliphatic heterocycles. The summed E-state index contributed by atoms with van der Waals surface area (Å²) in [4.78, 5) is 47.7. The van der Waals surface area contributed by atoms with Crippen molar-refractivity contribution in [2.75, 3.05) is 39.4 Å². The van der Waals surface area contributed by atoms with E-state index in [9.17, 15) is 29.4 Å². The summed E-state index contributed by atoms with van der Waals surface area (Å²) in [5, 5.41) is 18.5. The van der Waals surface area contributed by atoms with Crippen LogP contribution in [0.25, 0.3) is 0 Å². The number of carbonyl (C=O) groups is 4. The van der Waals surface area contributed by atoms with Crippen LogP contribution in [0.2, 0.25) is 0 Å². The average molecular weight is 471 g/mol. The van der Waals surface area contributed by atoms with Crippen LogP contribution in [0.3, 0.4) is 0 Å². The van der Waals surface area contributed by atoms with E-state index in [1.807, 2.05) is 0 Å². The van der Waals surface area contributed by atoms with E-state index in [1.54, 1.807) is 0 Å². The van der Waals surface area contributed by atoms with Crippen LogP contribution in [0.15, 0.2) is 24.3 Å². The minimum atomic E-state index is -1.04.